The Morgan fingerprint density at radius 1 is 1.12 bits per heavy atom. The summed E-state index contributed by atoms with van der Waals surface area (Å²) in [6, 6.07) is 16.3. The third kappa shape index (κ3) is 2.64. The Morgan fingerprint density at radius 3 is 2.44 bits per heavy atom. The van der Waals surface area contributed by atoms with Crippen molar-refractivity contribution in [1.29, 1.82) is 0 Å². The Hall–Kier alpha value is -2.22. The van der Waals surface area contributed by atoms with E-state index in [0.717, 1.165) is 4.47 Å². The van der Waals surface area contributed by atoms with Crippen LogP contribution in [-0.4, -0.2) is 35.7 Å². The number of hydrogen-bond acceptors (Lipinski definition) is 4. The van der Waals surface area contributed by atoms with E-state index < -0.39 is 29.9 Å². The van der Waals surface area contributed by atoms with Gasteiger partial charge in [0.25, 0.3) is 5.91 Å². The second-order valence-electron chi connectivity index (χ2n) is 5.93. The molecule has 0 spiro atoms. The molecule has 3 atom stereocenters. The molecule has 1 N–H and O–H groups in total. The number of fused-ring (bicyclic) bond motifs is 2. The molecule has 0 aromatic heterocycles. The van der Waals surface area contributed by atoms with Crippen LogP contribution in [0.1, 0.15) is 5.56 Å². The number of ether oxygens (including phenoxy) is 2. The molecule has 2 aliphatic rings. The highest BCUT2D eigenvalue weighted by Crippen LogP contribution is 2.44. The summed E-state index contributed by atoms with van der Waals surface area (Å²) < 4.78 is 12.5. The lowest BCUT2D eigenvalue weighted by Gasteiger charge is -2.38. The number of carboxylic acids is 1. The Bertz CT molecular complexity index is 825. The van der Waals surface area contributed by atoms with Gasteiger partial charge < -0.3 is 19.5 Å². The maximum absolute atomic E-state index is 12.8. The van der Waals surface area contributed by atoms with Gasteiger partial charge in [-0.05, 0) is 24.3 Å². The minimum absolute atomic E-state index is 0.0811. The molecule has 2 saturated heterocycles. The smallest absolute Gasteiger partial charge is 0.336 e. The number of carbonyl (C=O) groups excluding carboxylic acids is 1. The van der Waals surface area contributed by atoms with E-state index in [1.807, 2.05) is 30.3 Å². The van der Waals surface area contributed by atoms with E-state index >= 15 is 0 Å². The van der Waals surface area contributed by atoms with Gasteiger partial charge in [-0.3, -0.25) is 4.79 Å². The molecule has 2 heterocycles. The summed E-state index contributed by atoms with van der Waals surface area (Å²) in [6.45, 7) is 0.0811. The Labute approximate surface area is 152 Å². The molecule has 3 unspecified atom stereocenters. The molecular formula is C18H14BrNO5. The van der Waals surface area contributed by atoms with E-state index in [0.29, 0.717) is 11.3 Å². The topological polar surface area (TPSA) is 76.1 Å². The maximum atomic E-state index is 12.8. The average Bonchev–Trinajstić information content (AvgIpc) is 2.97. The van der Waals surface area contributed by atoms with Crippen molar-refractivity contribution in [3.8, 4) is 0 Å². The SMILES string of the molecule is O=C(O)C1OC2(c3ccccc3)CN(c3ccc(Br)cc3)C(=O)C1O2. The largest absolute Gasteiger partial charge is 0.479 e. The number of benzene rings is 2. The van der Waals surface area contributed by atoms with Crippen LogP contribution in [-0.2, 0) is 24.8 Å². The summed E-state index contributed by atoms with van der Waals surface area (Å²) in [4.78, 5) is 25.9. The molecule has 0 saturated carbocycles. The van der Waals surface area contributed by atoms with E-state index in [4.69, 9.17) is 9.47 Å². The molecule has 0 aliphatic carbocycles. The summed E-state index contributed by atoms with van der Waals surface area (Å²) in [5, 5.41) is 9.45. The van der Waals surface area contributed by atoms with E-state index in [1.165, 1.54) is 4.90 Å². The van der Waals surface area contributed by atoms with Crippen LogP contribution >= 0.6 is 15.9 Å². The molecule has 2 bridgehead atoms. The molecule has 4 rings (SSSR count). The van der Waals surface area contributed by atoms with Crippen molar-refractivity contribution in [1.82, 2.24) is 0 Å². The van der Waals surface area contributed by atoms with Gasteiger partial charge in [0, 0.05) is 15.7 Å². The number of nitrogens with zero attached hydrogens (tertiary/aromatic N) is 1. The van der Waals surface area contributed by atoms with E-state index in [2.05, 4.69) is 15.9 Å². The van der Waals surface area contributed by atoms with Crippen LogP contribution in [0.15, 0.2) is 59.1 Å². The minimum Gasteiger partial charge on any atom is -0.479 e. The number of hydrogen-bond donors (Lipinski definition) is 1. The van der Waals surface area contributed by atoms with Crippen molar-refractivity contribution in [2.24, 2.45) is 0 Å². The first-order chi connectivity index (χ1) is 12.0. The summed E-state index contributed by atoms with van der Waals surface area (Å²) >= 11 is 3.37. The van der Waals surface area contributed by atoms with Gasteiger partial charge in [0.2, 0.25) is 5.79 Å². The van der Waals surface area contributed by atoms with E-state index in [9.17, 15) is 14.7 Å². The fourth-order valence-electron chi connectivity index (χ4n) is 3.19. The van der Waals surface area contributed by atoms with Gasteiger partial charge in [-0.1, -0.05) is 46.3 Å². The summed E-state index contributed by atoms with van der Waals surface area (Å²) in [5.74, 6) is -2.93. The molecule has 2 fully saturated rings. The summed E-state index contributed by atoms with van der Waals surface area (Å²) in [5.41, 5.74) is 1.34. The lowest BCUT2D eigenvalue weighted by atomic mass is 10.0. The molecule has 6 nitrogen and oxygen atoms in total. The third-order valence-corrected chi connectivity index (χ3v) is 4.91. The lowest BCUT2D eigenvalue weighted by molar-refractivity contribution is -0.193. The zero-order valence-electron chi connectivity index (χ0n) is 13.0. The number of anilines is 1. The first kappa shape index (κ1) is 16.3. The zero-order valence-corrected chi connectivity index (χ0v) is 14.5. The van der Waals surface area contributed by atoms with Crippen molar-refractivity contribution < 1.29 is 24.2 Å². The van der Waals surface area contributed by atoms with Gasteiger partial charge in [0.15, 0.2) is 12.2 Å². The normalized spacial score (nSPS) is 28.2. The van der Waals surface area contributed by atoms with Crippen LogP contribution in [0.3, 0.4) is 0 Å². The molecule has 25 heavy (non-hydrogen) atoms. The predicted molar refractivity (Wildman–Crippen MR) is 92.0 cm³/mol. The molecule has 2 aromatic rings. The van der Waals surface area contributed by atoms with Crippen LogP contribution in [0.25, 0.3) is 0 Å². The monoisotopic (exact) mass is 403 g/mol. The summed E-state index contributed by atoms with van der Waals surface area (Å²) in [6.07, 6.45) is -2.52. The van der Waals surface area contributed by atoms with E-state index in [-0.39, 0.29) is 6.54 Å². The first-order valence-electron chi connectivity index (χ1n) is 7.71. The summed E-state index contributed by atoms with van der Waals surface area (Å²) in [7, 11) is 0. The van der Waals surface area contributed by atoms with Gasteiger partial charge in [-0.25, -0.2) is 4.79 Å². The first-order valence-corrected chi connectivity index (χ1v) is 8.50. The van der Waals surface area contributed by atoms with Crippen LogP contribution in [0.2, 0.25) is 0 Å². The number of rotatable bonds is 3. The quantitative estimate of drug-likeness (QED) is 0.851. The minimum atomic E-state index is -1.34. The van der Waals surface area contributed by atoms with Crippen molar-refractivity contribution in [3.63, 3.8) is 0 Å². The van der Waals surface area contributed by atoms with Crippen molar-refractivity contribution in [2.45, 2.75) is 18.0 Å². The predicted octanol–water partition coefficient (Wildman–Crippen LogP) is 2.52. The van der Waals surface area contributed by atoms with Crippen molar-refractivity contribution in [3.05, 3.63) is 64.6 Å². The lowest BCUT2D eigenvalue weighted by Crippen LogP contribution is -2.54. The highest BCUT2D eigenvalue weighted by atomic mass is 79.9. The second-order valence-corrected chi connectivity index (χ2v) is 6.85. The van der Waals surface area contributed by atoms with Gasteiger partial charge in [-0.2, -0.15) is 0 Å². The average molecular weight is 404 g/mol. The van der Waals surface area contributed by atoms with Gasteiger partial charge >= 0.3 is 5.97 Å². The molecule has 128 valence electrons. The van der Waals surface area contributed by atoms with Gasteiger partial charge in [0.1, 0.15) is 0 Å². The molecular weight excluding hydrogens is 390 g/mol. The number of carboxylic acid groups (broad SMARTS) is 1. The Kier molecular flexibility index (Phi) is 3.87. The van der Waals surface area contributed by atoms with Crippen LogP contribution in [0, 0.1) is 0 Å². The van der Waals surface area contributed by atoms with Crippen LogP contribution in [0.4, 0.5) is 5.69 Å². The number of amides is 1. The molecule has 0 radical (unpaired) electrons. The van der Waals surface area contributed by atoms with Crippen LogP contribution in [0.5, 0.6) is 0 Å². The Balaban J connectivity index is 1.79. The second kappa shape index (κ2) is 5.94. The highest BCUT2D eigenvalue weighted by Gasteiger charge is 2.60. The van der Waals surface area contributed by atoms with Crippen molar-refractivity contribution in [2.75, 3.05) is 11.4 Å². The fourth-order valence-corrected chi connectivity index (χ4v) is 3.46. The molecule has 2 aliphatic heterocycles. The number of halogens is 1. The highest BCUT2D eigenvalue weighted by molar-refractivity contribution is 9.10. The standard InChI is InChI=1S/C18H14BrNO5/c19-12-6-8-13(9-7-12)20-10-18(11-4-2-1-3-5-11)24-14(16(20)21)15(25-18)17(22)23/h1-9,14-15H,10H2,(H,22,23). The van der Waals surface area contributed by atoms with Crippen molar-refractivity contribution >= 4 is 33.5 Å². The molecule has 1 amide bonds. The molecule has 2 aromatic carbocycles. The van der Waals surface area contributed by atoms with Gasteiger partial charge in [-0.15, -0.1) is 0 Å². The third-order valence-electron chi connectivity index (χ3n) is 4.38. The van der Waals surface area contributed by atoms with E-state index in [1.54, 1.807) is 24.3 Å². The maximum Gasteiger partial charge on any atom is 0.336 e. The molecule has 7 heteroatoms. The number of morpholine rings is 1. The number of carbonyl (C=O) groups is 2. The fraction of sp³-hybridized carbons (Fsp3) is 0.222. The zero-order chi connectivity index (χ0) is 17.6. The van der Waals surface area contributed by atoms with Crippen LogP contribution < -0.4 is 4.90 Å². The Morgan fingerprint density at radius 2 is 1.80 bits per heavy atom. The van der Waals surface area contributed by atoms with Gasteiger partial charge in [0.05, 0.1) is 6.54 Å². The number of aliphatic carboxylic acids is 1.